The molecule has 2 aliphatic rings. The van der Waals surface area contributed by atoms with Gasteiger partial charge in [-0.2, -0.15) is 0 Å². The van der Waals surface area contributed by atoms with Crippen molar-refractivity contribution in [3.63, 3.8) is 0 Å². The van der Waals surface area contributed by atoms with E-state index in [1.54, 1.807) is 24.3 Å². The van der Waals surface area contributed by atoms with Crippen LogP contribution in [-0.2, 0) is 0 Å². The van der Waals surface area contributed by atoms with E-state index in [0.29, 0.717) is 30.3 Å². The lowest BCUT2D eigenvalue weighted by Crippen LogP contribution is -2.46. The van der Waals surface area contributed by atoms with Crippen molar-refractivity contribution in [3.05, 3.63) is 94.3 Å². The molecule has 1 aliphatic carbocycles. The summed E-state index contributed by atoms with van der Waals surface area (Å²) in [6.07, 6.45) is 8.47. The number of nitrogens with two attached hydrogens (primary N) is 1. The number of carbonyl (C=O) groups is 2. The highest BCUT2D eigenvalue weighted by atomic mass is 35.5. The highest BCUT2D eigenvalue weighted by Crippen LogP contribution is 2.32. The third kappa shape index (κ3) is 6.65. The van der Waals surface area contributed by atoms with Crippen molar-refractivity contribution in [2.75, 3.05) is 37.2 Å². The molecule has 1 saturated heterocycles. The number of piperazine rings is 1. The molecule has 2 amide bonds. The molecule has 1 atom stereocenters. The summed E-state index contributed by atoms with van der Waals surface area (Å²) in [7, 11) is 0. The van der Waals surface area contributed by atoms with E-state index in [9.17, 15) is 18.4 Å². The third-order valence-electron chi connectivity index (χ3n) is 7.64. The first-order valence-corrected chi connectivity index (χ1v) is 14.3. The molecule has 0 radical (unpaired) electrons. The van der Waals surface area contributed by atoms with E-state index in [1.165, 1.54) is 38.4 Å². The second kappa shape index (κ2) is 12.8. The fourth-order valence-electron chi connectivity index (χ4n) is 4.87. The van der Waals surface area contributed by atoms with Crippen LogP contribution >= 0.6 is 11.6 Å². The number of rotatable bonds is 8. The van der Waals surface area contributed by atoms with E-state index in [0.717, 1.165) is 25.2 Å². The van der Waals surface area contributed by atoms with Crippen molar-refractivity contribution >= 4 is 34.9 Å². The summed E-state index contributed by atoms with van der Waals surface area (Å²) >= 11 is 5.79. The maximum absolute atomic E-state index is 14.4. The summed E-state index contributed by atoms with van der Waals surface area (Å²) in [6.45, 7) is 4.32. The summed E-state index contributed by atoms with van der Waals surface area (Å²) in [5.41, 5.74) is 6.65. The number of anilines is 2. The number of nitrogen functional groups attached to an aromatic ring is 1. The van der Waals surface area contributed by atoms with Crippen LogP contribution in [0.4, 0.5) is 20.3 Å². The van der Waals surface area contributed by atoms with Crippen LogP contribution in [0.1, 0.15) is 58.6 Å². The quantitative estimate of drug-likeness (QED) is 0.307. The Labute approximate surface area is 248 Å². The molecule has 3 aromatic rings. The first-order chi connectivity index (χ1) is 20.2. The number of halogens is 3. The van der Waals surface area contributed by atoms with E-state index in [2.05, 4.69) is 27.5 Å². The Morgan fingerprint density at radius 3 is 2.48 bits per heavy atom. The Kier molecular flexibility index (Phi) is 8.91. The van der Waals surface area contributed by atoms with Crippen molar-refractivity contribution < 1.29 is 23.1 Å². The van der Waals surface area contributed by atoms with Crippen LogP contribution in [0.25, 0.3) is 0 Å². The molecule has 0 unspecified atom stereocenters. The molecule has 0 spiro atoms. The summed E-state index contributed by atoms with van der Waals surface area (Å²) in [5.74, 6) is -1.70. The van der Waals surface area contributed by atoms with E-state index >= 15 is 0 Å². The Morgan fingerprint density at radius 1 is 1.10 bits per heavy atom. The molecule has 8 nitrogen and oxygen atoms in total. The number of aromatic nitrogens is 1. The van der Waals surface area contributed by atoms with Crippen LogP contribution in [0.15, 0.2) is 60.9 Å². The van der Waals surface area contributed by atoms with Gasteiger partial charge in [0.1, 0.15) is 11.9 Å². The van der Waals surface area contributed by atoms with Gasteiger partial charge in [-0.25, -0.2) is 13.8 Å². The Balaban J connectivity index is 1.18. The number of allylic oxidation sites excluding steroid dienone is 1. The van der Waals surface area contributed by atoms with Crippen LogP contribution in [0.5, 0.6) is 5.75 Å². The van der Waals surface area contributed by atoms with Crippen LogP contribution in [-0.4, -0.2) is 52.8 Å². The van der Waals surface area contributed by atoms with E-state index < -0.39 is 23.6 Å². The zero-order valence-electron chi connectivity index (χ0n) is 23.2. The Morgan fingerprint density at radius 2 is 1.81 bits per heavy atom. The number of ether oxygens (including phenoxy) is 1. The molecule has 42 heavy (non-hydrogen) atoms. The minimum Gasteiger partial charge on any atom is -0.482 e. The fourth-order valence-corrected chi connectivity index (χ4v) is 5.04. The fraction of sp³-hybridized carbons (Fsp3) is 0.323. The number of nitrogens with one attached hydrogen (secondary N) is 1. The lowest BCUT2D eigenvalue weighted by Gasteiger charge is -2.34. The van der Waals surface area contributed by atoms with Gasteiger partial charge >= 0.3 is 0 Å². The van der Waals surface area contributed by atoms with Gasteiger partial charge in [-0.3, -0.25) is 9.59 Å². The predicted octanol–water partition coefficient (Wildman–Crippen LogP) is 6.06. The average Bonchev–Trinajstić information content (AvgIpc) is 2.96. The maximum atomic E-state index is 14.4. The standard InChI is InChI=1S/C31H32ClF2N5O3/c1-19(27-25(33)10-9-24(32)28(27)34)42-26-17-22(18-36-29(26)35)30(40)37-23-7-5-21(6-8-23)31(41)39-15-13-38(14-16-39)12-11-20-3-2-4-20/h5-12,17-20H,2-4,13-16H2,1H3,(H2,35,36)(H,37,40)/b12-11-/t19-/m1/s1. The van der Waals surface area contributed by atoms with Gasteiger partial charge in [0, 0.05) is 43.6 Å². The molecule has 3 N–H and O–H groups in total. The van der Waals surface area contributed by atoms with Crippen molar-refractivity contribution in [3.8, 4) is 5.75 Å². The molecule has 0 bridgehead atoms. The highest BCUT2D eigenvalue weighted by Gasteiger charge is 2.23. The van der Waals surface area contributed by atoms with Gasteiger partial charge in [-0.15, -0.1) is 0 Å². The summed E-state index contributed by atoms with van der Waals surface area (Å²) in [5, 5.41) is 2.50. The number of nitrogens with zero attached hydrogens (tertiary/aromatic N) is 3. The molecule has 2 aromatic carbocycles. The number of carbonyl (C=O) groups excluding carboxylic acids is 2. The third-order valence-corrected chi connectivity index (χ3v) is 7.94. The molecule has 1 aliphatic heterocycles. The summed E-state index contributed by atoms with van der Waals surface area (Å²) < 4.78 is 34.4. The van der Waals surface area contributed by atoms with Gasteiger partial charge in [0.2, 0.25) is 0 Å². The zero-order valence-corrected chi connectivity index (χ0v) is 23.9. The molecule has 11 heteroatoms. The minimum atomic E-state index is -1.11. The van der Waals surface area contributed by atoms with E-state index in [1.807, 2.05) is 4.90 Å². The SMILES string of the molecule is C[C@@H](Oc1cc(C(=O)Nc2ccc(C(=O)N3CCN(/C=C\C4CCC4)CC3)cc2)cnc1N)c1c(F)ccc(Cl)c1F. The summed E-state index contributed by atoms with van der Waals surface area (Å²) in [4.78, 5) is 34.0. The lowest BCUT2D eigenvalue weighted by atomic mass is 9.85. The van der Waals surface area contributed by atoms with Gasteiger partial charge in [0.15, 0.2) is 17.4 Å². The van der Waals surface area contributed by atoms with Gasteiger partial charge in [0.25, 0.3) is 11.8 Å². The molecular weight excluding hydrogens is 564 g/mol. The van der Waals surface area contributed by atoms with E-state index in [-0.39, 0.29) is 33.6 Å². The predicted molar refractivity (Wildman–Crippen MR) is 157 cm³/mol. The second-order valence-electron chi connectivity index (χ2n) is 10.5. The first-order valence-electron chi connectivity index (χ1n) is 13.9. The molecule has 2 heterocycles. The largest absolute Gasteiger partial charge is 0.482 e. The number of benzene rings is 2. The Bertz CT molecular complexity index is 1490. The monoisotopic (exact) mass is 595 g/mol. The molecule has 220 valence electrons. The topological polar surface area (TPSA) is 101 Å². The van der Waals surface area contributed by atoms with Gasteiger partial charge < -0.3 is 25.6 Å². The number of pyridine rings is 1. The van der Waals surface area contributed by atoms with Crippen LogP contribution in [0.3, 0.4) is 0 Å². The molecule has 5 rings (SSSR count). The van der Waals surface area contributed by atoms with Gasteiger partial charge in [0.05, 0.1) is 16.1 Å². The number of hydrogen-bond donors (Lipinski definition) is 2. The number of amides is 2. The van der Waals surface area contributed by atoms with Crippen LogP contribution < -0.4 is 15.8 Å². The van der Waals surface area contributed by atoms with Gasteiger partial charge in [-0.05, 0) is 74.3 Å². The maximum Gasteiger partial charge on any atom is 0.257 e. The first kappa shape index (κ1) is 29.3. The molecule has 1 aromatic heterocycles. The van der Waals surface area contributed by atoms with Crippen molar-refractivity contribution in [2.24, 2.45) is 5.92 Å². The van der Waals surface area contributed by atoms with Crippen molar-refractivity contribution in [2.45, 2.75) is 32.3 Å². The van der Waals surface area contributed by atoms with Crippen LogP contribution in [0.2, 0.25) is 5.02 Å². The zero-order chi connectivity index (χ0) is 29.8. The second-order valence-corrected chi connectivity index (χ2v) is 10.9. The average molecular weight is 596 g/mol. The molecular formula is C31H32ClF2N5O3. The summed E-state index contributed by atoms with van der Waals surface area (Å²) in [6, 6.07) is 10.1. The van der Waals surface area contributed by atoms with Gasteiger partial charge in [-0.1, -0.05) is 24.1 Å². The number of hydrogen-bond acceptors (Lipinski definition) is 6. The smallest absolute Gasteiger partial charge is 0.257 e. The highest BCUT2D eigenvalue weighted by molar-refractivity contribution is 6.30. The minimum absolute atomic E-state index is 0.0199. The van der Waals surface area contributed by atoms with Crippen LogP contribution in [0, 0.1) is 17.6 Å². The molecule has 1 saturated carbocycles. The van der Waals surface area contributed by atoms with Crippen molar-refractivity contribution in [1.29, 1.82) is 0 Å². The van der Waals surface area contributed by atoms with E-state index in [4.69, 9.17) is 22.1 Å². The molecule has 2 fully saturated rings. The normalized spacial score (nSPS) is 16.3. The Hall–Kier alpha value is -4.18. The van der Waals surface area contributed by atoms with Crippen molar-refractivity contribution in [1.82, 2.24) is 14.8 Å². The lowest BCUT2D eigenvalue weighted by molar-refractivity contribution is 0.0678.